The van der Waals surface area contributed by atoms with Crippen molar-refractivity contribution in [2.45, 2.75) is 20.0 Å². The normalized spacial score (nSPS) is 11.4. The van der Waals surface area contributed by atoms with Crippen molar-refractivity contribution < 1.29 is 23.8 Å². The minimum absolute atomic E-state index is 0.0264. The zero-order valence-electron chi connectivity index (χ0n) is 15.0. The summed E-state index contributed by atoms with van der Waals surface area (Å²) >= 11 is 3.13. The van der Waals surface area contributed by atoms with E-state index in [9.17, 15) is 9.59 Å². The topological polar surface area (TPSA) is 101 Å². The van der Waals surface area contributed by atoms with Crippen LogP contribution in [0.3, 0.4) is 0 Å². The number of nitrogens with one attached hydrogen (secondary N) is 2. The molecule has 2 amide bonds. The summed E-state index contributed by atoms with van der Waals surface area (Å²) in [7, 11) is 0. The van der Waals surface area contributed by atoms with Crippen LogP contribution >= 0.6 is 15.9 Å². The lowest BCUT2D eigenvalue weighted by molar-refractivity contribution is -0.117. The number of ether oxygens (including phenoxy) is 1. The van der Waals surface area contributed by atoms with Crippen LogP contribution in [0.15, 0.2) is 51.2 Å². The summed E-state index contributed by atoms with van der Waals surface area (Å²) in [6.07, 6.45) is 1.58. The van der Waals surface area contributed by atoms with E-state index < -0.39 is 11.8 Å². The lowest BCUT2D eigenvalue weighted by Crippen LogP contribution is -2.36. The van der Waals surface area contributed by atoms with Crippen molar-refractivity contribution >= 4 is 33.8 Å². The molecule has 0 radical (unpaired) electrons. The molecule has 3 N–H and O–H groups in total. The van der Waals surface area contributed by atoms with E-state index in [0.717, 1.165) is 0 Å². The number of carbonyl (C=O) groups is 2. The summed E-state index contributed by atoms with van der Waals surface area (Å²) in [5.74, 6) is -0.322. The zero-order valence-corrected chi connectivity index (χ0v) is 16.6. The van der Waals surface area contributed by atoms with Gasteiger partial charge in [0.2, 0.25) is 0 Å². The molecular weight excluding hydrogens is 416 g/mol. The molecule has 0 aliphatic heterocycles. The van der Waals surface area contributed by atoms with Crippen LogP contribution in [0.2, 0.25) is 0 Å². The van der Waals surface area contributed by atoms with Crippen LogP contribution in [0.25, 0.3) is 6.08 Å². The molecule has 0 bridgehead atoms. The monoisotopic (exact) mass is 436 g/mol. The quantitative estimate of drug-likeness (QED) is 0.552. The average molecular weight is 437 g/mol. The third-order valence-corrected chi connectivity index (χ3v) is 3.68. The number of aliphatic hydroxyl groups excluding tert-OH is 1. The number of hydrogen-bond donors (Lipinski definition) is 3. The van der Waals surface area contributed by atoms with Gasteiger partial charge in [-0.2, -0.15) is 0 Å². The number of aliphatic hydroxyl groups is 1. The van der Waals surface area contributed by atoms with E-state index in [1.54, 1.807) is 30.3 Å². The molecule has 1 aromatic carbocycles. The van der Waals surface area contributed by atoms with E-state index in [1.165, 1.54) is 12.1 Å². The Labute approximate surface area is 165 Å². The van der Waals surface area contributed by atoms with Crippen molar-refractivity contribution in [1.29, 1.82) is 0 Å². The van der Waals surface area contributed by atoms with Crippen molar-refractivity contribution in [3.05, 3.63) is 58.1 Å². The third-order valence-electron chi connectivity index (χ3n) is 3.25. The highest BCUT2D eigenvalue weighted by Crippen LogP contribution is 2.17. The van der Waals surface area contributed by atoms with Gasteiger partial charge in [-0.25, -0.2) is 0 Å². The van der Waals surface area contributed by atoms with Gasteiger partial charge >= 0.3 is 0 Å². The maximum Gasteiger partial charge on any atom is 0.291 e. The Morgan fingerprint density at radius 2 is 1.93 bits per heavy atom. The van der Waals surface area contributed by atoms with Crippen molar-refractivity contribution in [3.8, 4) is 5.75 Å². The second-order valence-electron chi connectivity index (χ2n) is 5.83. The summed E-state index contributed by atoms with van der Waals surface area (Å²) in [4.78, 5) is 24.6. The highest BCUT2D eigenvalue weighted by atomic mass is 79.9. The third kappa shape index (κ3) is 6.58. The van der Waals surface area contributed by atoms with E-state index in [4.69, 9.17) is 14.3 Å². The number of halogens is 1. The van der Waals surface area contributed by atoms with Gasteiger partial charge in [0.15, 0.2) is 10.4 Å². The first-order valence-electron chi connectivity index (χ1n) is 8.33. The van der Waals surface area contributed by atoms with Gasteiger partial charge in [-0.05, 0) is 65.7 Å². The molecule has 144 valence electrons. The molecule has 1 aromatic heterocycles. The van der Waals surface area contributed by atoms with Gasteiger partial charge < -0.3 is 24.9 Å². The van der Waals surface area contributed by atoms with Crippen LogP contribution in [0.5, 0.6) is 5.75 Å². The van der Waals surface area contributed by atoms with Gasteiger partial charge in [-0.3, -0.25) is 9.59 Å². The summed E-state index contributed by atoms with van der Waals surface area (Å²) in [6, 6.07) is 10.2. The highest BCUT2D eigenvalue weighted by Gasteiger charge is 2.17. The first-order chi connectivity index (χ1) is 12.9. The summed E-state index contributed by atoms with van der Waals surface area (Å²) in [5.41, 5.74) is 0.722. The predicted molar refractivity (Wildman–Crippen MR) is 104 cm³/mol. The van der Waals surface area contributed by atoms with Crippen LogP contribution in [0.4, 0.5) is 0 Å². The maximum atomic E-state index is 12.3. The Balaban J connectivity index is 2.21. The molecule has 2 rings (SSSR count). The Morgan fingerprint density at radius 3 is 2.48 bits per heavy atom. The molecule has 1 heterocycles. The highest BCUT2D eigenvalue weighted by molar-refractivity contribution is 9.10. The smallest absolute Gasteiger partial charge is 0.291 e. The summed E-state index contributed by atoms with van der Waals surface area (Å²) in [5, 5.41) is 13.9. The van der Waals surface area contributed by atoms with E-state index in [0.29, 0.717) is 16.0 Å². The molecule has 7 nitrogen and oxygen atoms in total. The predicted octanol–water partition coefficient (Wildman–Crippen LogP) is 2.71. The minimum Gasteiger partial charge on any atom is -0.491 e. The van der Waals surface area contributed by atoms with E-state index in [1.807, 2.05) is 13.8 Å². The van der Waals surface area contributed by atoms with Gasteiger partial charge in [-0.1, -0.05) is 12.1 Å². The average Bonchev–Trinajstić information content (AvgIpc) is 3.06. The van der Waals surface area contributed by atoms with Crippen LogP contribution in [0, 0.1) is 0 Å². The number of benzene rings is 1. The molecule has 0 saturated heterocycles. The van der Waals surface area contributed by atoms with Crippen LogP contribution in [0.1, 0.15) is 30.0 Å². The fourth-order valence-electron chi connectivity index (χ4n) is 2.12. The number of rotatable bonds is 8. The zero-order chi connectivity index (χ0) is 19.8. The number of carbonyl (C=O) groups excluding carboxylic acids is 2. The Morgan fingerprint density at radius 1 is 1.22 bits per heavy atom. The lowest BCUT2D eigenvalue weighted by atomic mass is 10.1. The van der Waals surface area contributed by atoms with E-state index in [-0.39, 0.29) is 30.7 Å². The Hall–Kier alpha value is -2.58. The first kappa shape index (κ1) is 20.7. The van der Waals surface area contributed by atoms with Gasteiger partial charge in [-0.15, -0.1) is 0 Å². The molecule has 0 spiro atoms. The van der Waals surface area contributed by atoms with Crippen molar-refractivity contribution in [3.63, 3.8) is 0 Å². The van der Waals surface area contributed by atoms with Crippen molar-refractivity contribution in [2.24, 2.45) is 0 Å². The number of furan rings is 1. The van der Waals surface area contributed by atoms with Gasteiger partial charge in [0.25, 0.3) is 11.8 Å². The molecule has 0 fully saturated rings. The molecule has 0 unspecified atom stereocenters. The fourth-order valence-corrected chi connectivity index (χ4v) is 2.43. The largest absolute Gasteiger partial charge is 0.491 e. The number of hydrogen-bond acceptors (Lipinski definition) is 5. The van der Waals surface area contributed by atoms with Gasteiger partial charge in [0.05, 0.1) is 12.7 Å². The molecule has 8 heteroatoms. The SMILES string of the molecule is CC(C)Oc1ccc(C=C(NC(=O)c2ccc(Br)o2)C(=O)NCCO)cc1. The van der Waals surface area contributed by atoms with E-state index in [2.05, 4.69) is 26.6 Å². The van der Waals surface area contributed by atoms with Crippen molar-refractivity contribution in [2.75, 3.05) is 13.2 Å². The molecule has 0 aliphatic carbocycles. The molecule has 2 aromatic rings. The van der Waals surface area contributed by atoms with Gasteiger partial charge in [0, 0.05) is 6.54 Å². The van der Waals surface area contributed by atoms with Crippen LogP contribution < -0.4 is 15.4 Å². The maximum absolute atomic E-state index is 12.3. The lowest BCUT2D eigenvalue weighted by Gasteiger charge is -2.11. The molecular formula is C19H21BrN2O5. The summed E-state index contributed by atoms with van der Waals surface area (Å²) < 4.78 is 11.2. The Kier molecular flexibility index (Phi) is 7.63. The van der Waals surface area contributed by atoms with E-state index >= 15 is 0 Å². The molecule has 0 saturated carbocycles. The Bertz CT molecular complexity index is 812. The van der Waals surface area contributed by atoms with Crippen molar-refractivity contribution in [1.82, 2.24) is 10.6 Å². The first-order valence-corrected chi connectivity index (χ1v) is 9.12. The minimum atomic E-state index is -0.564. The molecule has 0 atom stereocenters. The number of amides is 2. The standard InChI is InChI=1S/C19H21BrN2O5/c1-12(2)26-14-5-3-13(4-6-14)11-15(18(24)21-9-10-23)22-19(25)16-7-8-17(20)27-16/h3-8,11-12,23H,9-10H2,1-2H3,(H,21,24)(H,22,25). The van der Waals surface area contributed by atoms with Crippen LogP contribution in [-0.4, -0.2) is 36.2 Å². The molecule has 27 heavy (non-hydrogen) atoms. The fraction of sp³-hybridized carbons (Fsp3) is 0.263. The van der Waals surface area contributed by atoms with Crippen LogP contribution in [-0.2, 0) is 4.79 Å². The second kappa shape index (κ2) is 9.94. The summed E-state index contributed by atoms with van der Waals surface area (Å²) in [6.45, 7) is 3.72. The molecule has 0 aliphatic rings. The second-order valence-corrected chi connectivity index (χ2v) is 6.61. The van der Waals surface area contributed by atoms with Gasteiger partial charge in [0.1, 0.15) is 11.4 Å².